The van der Waals surface area contributed by atoms with E-state index in [9.17, 15) is 4.79 Å². The first-order valence-corrected chi connectivity index (χ1v) is 7.65. The molecule has 110 valence electrons. The molecule has 5 heteroatoms. The maximum Gasteiger partial charge on any atom is 0.222 e. The fourth-order valence-corrected chi connectivity index (χ4v) is 3.58. The molecule has 0 spiro atoms. The smallest absolute Gasteiger partial charge is 0.222 e. The standard InChI is InChI=1S/C15H24N4O/c1-18-9-13(8-17-18)12-5-6-19(10-12)15(20)7-11-3-2-4-14(11)16/h8-9,11-12,14H,2-7,10,16H2,1H3/t11-,12?,14+/m0/s1. The maximum atomic E-state index is 12.4. The van der Waals surface area contributed by atoms with Crippen LogP contribution >= 0.6 is 0 Å². The second-order valence-electron chi connectivity index (χ2n) is 6.33. The summed E-state index contributed by atoms with van der Waals surface area (Å²) in [5, 5.41) is 4.22. The van der Waals surface area contributed by atoms with Crippen molar-refractivity contribution in [2.24, 2.45) is 18.7 Å². The number of carbonyl (C=O) groups is 1. The molecule has 1 saturated heterocycles. The van der Waals surface area contributed by atoms with Crippen LogP contribution in [0.5, 0.6) is 0 Å². The summed E-state index contributed by atoms with van der Waals surface area (Å²) in [7, 11) is 1.93. The minimum absolute atomic E-state index is 0.232. The molecule has 1 unspecified atom stereocenters. The van der Waals surface area contributed by atoms with Crippen molar-refractivity contribution in [1.29, 1.82) is 0 Å². The van der Waals surface area contributed by atoms with Gasteiger partial charge in [0.2, 0.25) is 5.91 Å². The summed E-state index contributed by atoms with van der Waals surface area (Å²) in [6, 6.07) is 0.232. The lowest BCUT2D eigenvalue weighted by molar-refractivity contribution is -0.131. The Balaban J connectivity index is 1.55. The Hall–Kier alpha value is -1.36. The molecule has 1 aromatic heterocycles. The maximum absolute atomic E-state index is 12.4. The summed E-state index contributed by atoms with van der Waals surface area (Å²) in [5.74, 6) is 1.14. The van der Waals surface area contributed by atoms with Gasteiger partial charge in [-0.25, -0.2) is 0 Å². The molecule has 5 nitrogen and oxygen atoms in total. The number of aryl methyl sites for hydroxylation is 1. The minimum Gasteiger partial charge on any atom is -0.342 e. The van der Waals surface area contributed by atoms with Gasteiger partial charge in [0, 0.05) is 44.7 Å². The average molecular weight is 276 g/mol. The number of rotatable bonds is 3. The number of likely N-dealkylation sites (tertiary alicyclic amines) is 1. The van der Waals surface area contributed by atoms with Crippen molar-refractivity contribution in [3.8, 4) is 0 Å². The number of hydrogen-bond donors (Lipinski definition) is 1. The molecule has 2 heterocycles. The molecule has 0 radical (unpaired) electrons. The Bertz CT molecular complexity index is 484. The average Bonchev–Trinajstić information content (AvgIpc) is 3.11. The van der Waals surface area contributed by atoms with Gasteiger partial charge in [0.1, 0.15) is 0 Å². The van der Waals surface area contributed by atoms with Crippen molar-refractivity contribution in [2.45, 2.75) is 44.1 Å². The first-order valence-electron chi connectivity index (χ1n) is 7.65. The summed E-state index contributed by atoms with van der Waals surface area (Å²) in [6.45, 7) is 1.72. The van der Waals surface area contributed by atoms with E-state index in [0.717, 1.165) is 32.4 Å². The van der Waals surface area contributed by atoms with Gasteiger partial charge in [0.15, 0.2) is 0 Å². The molecule has 0 aromatic carbocycles. The molecule has 1 aliphatic carbocycles. The third kappa shape index (κ3) is 2.73. The highest BCUT2D eigenvalue weighted by molar-refractivity contribution is 5.77. The van der Waals surface area contributed by atoms with Gasteiger partial charge in [-0.15, -0.1) is 0 Å². The van der Waals surface area contributed by atoms with Crippen LogP contribution in [0.4, 0.5) is 0 Å². The van der Waals surface area contributed by atoms with Gasteiger partial charge in [-0.3, -0.25) is 9.48 Å². The van der Waals surface area contributed by atoms with E-state index in [1.54, 1.807) is 0 Å². The van der Waals surface area contributed by atoms with Gasteiger partial charge in [0.25, 0.3) is 0 Å². The number of nitrogens with zero attached hydrogens (tertiary/aromatic N) is 3. The highest BCUT2D eigenvalue weighted by atomic mass is 16.2. The fourth-order valence-electron chi connectivity index (χ4n) is 3.58. The van der Waals surface area contributed by atoms with Crippen LogP contribution in [0.25, 0.3) is 0 Å². The van der Waals surface area contributed by atoms with E-state index in [1.165, 1.54) is 12.0 Å². The Morgan fingerprint density at radius 3 is 2.95 bits per heavy atom. The van der Waals surface area contributed by atoms with Crippen LogP contribution in [0, 0.1) is 5.92 Å². The van der Waals surface area contributed by atoms with E-state index < -0.39 is 0 Å². The second kappa shape index (κ2) is 5.56. The van der Waals surface area contributed by atoms with Crippen molar-refractivity contribution in [2.75, 3.05) is 13.1 Å². The van der Waals surface area contributed by atoms with Gasteiger partial charge in [0.05, 0.1) is 6.20 Å². The van der Waals surface area contributed by atoms with Crippen molar-refractivity contribution < 1.29 is 4.79 Å². The number of carbonyl (C=O) groups excluding carboxylic acids is 1. The first kappa shape index (κ1) is 13.6. The van der Waals surface area contributed by atoms with E-state index in [0.29, 0.717) is 24.2 Å². The molecular weight excluding hydrogens is 252 g/mol. The third-order valence-corrected chi connectivity index (χ3v) is 4.89. The Kier molecular flexibility index (Phi) is 3.78. The number of nitrogens with two attached hydrogens (primary N) is 1. The molecule has 2 fully saturated rings. The van der Waals surface area contributed by atoms with Gasteiger partial charge in [-0.1, -0.05) is 6.42 Å². The van der Waals surface area contributed by atoms with E-state index >= 15 is 0 Å². The molecule has 1 aromatic rings. The molecule has 20 heavy (non-hydrogen) atoms. The van der Waals surface area contributed by atoms with Gasteiger partial charge >= 0.3 is 0 Å². The van der Waals surface area contributed by atoms with Gasteiger partial charge in [-0.2, -0.15) is 5.10 Å². The van der Waals surface area contributed by atoms with Crippen LogP contribution in [0.3, 0.4) is 0 Å². The van der Waals surface area contributed by atoms with E-state index in [-0.39, 0.29) is 6.04 Å². The van der Waals surface area contributed by atoms with Crippen LogP contribution in [-0.4, -0.2) is 39.7 Å². The topological polar surface area (TPSA) is 64.2 Å². The summed E-state index contributed by atoms with van der Waals surface area (Å²) in [6.07, 6.45) is 9.05. The van der Waals surface area contributed by atoms with Gasteiger partial charge in [-0.05, 0) is 30.7 Å². The van der Waals surface area contributed by atoms with Crippen molar-refractivity contribution in [3.63, 3.8) is 0 Å². The third-order valence-electron chi connectivity index (χ3n) is 4.89. The van der Waals surface area contributed by atoms with Crippen LogP contribution in [-0.2, 0) is 11.8 Å². The second-order valence-corrected chi connectivity index (χ2v) is 6.33. The Morgan fingerprint density at radius 2 is 2.30 bits per heavy atom. The first-order chi connectivity index (χ1) is 9.63. The normalized spacial score (nSPS) is 30.1. The zero-order chi connectivity index (χ0) is 14.1. The van der Waals surface area contributed by atoms with Crippen LogP contribution in [0.1, 0.15) is 43.6 Å². The SMILES string of the molecule is Cn1cc(C2CCN(C(=O)C[C@@H]3CCC[C@H]3N)C2)cn1. The number of hydrogen-bond acceptors (Lipinski definition) is 3. The molecule has 1 saturated carbocycles. The van der Waals surface area contributed by atoms with E-state index in [4.69, 9.17) is 5.73 Å². The van der Waals surface area contributed by atoms with Crippen molar-refractivity contribution in [1.82, 2.24) is 14.7 Å². The molecule has 3 rings (SSSR count). The number of amides is 1. The summed E-state index contributed by atoms with van der Waals surface area (Å²) in [5.41, 5.74) is 7.32. The predicted molar refractivity (Wildman–Crippen MR) is 77.1 cm³/mol. The van der Waals surface area contributed by atoms with Gasteiger partial charge < -0.3 is 10.6 Å². The Morgan fingerprint density at radius 1 is 1.45 bits per heavy atom. The molecule has 2 N–H and O–H groups in total. The summed E-state index contributed by atoms with van der Waals surface area (Å²) in [4.78, 5) is 14.4. The summed E-state index contributed by atoms with van der Waals surface area (Å²) >= 11 is 0. The lowest BCUT2D eigenvalue weighted by atomic mass is 9.99. The Labute approximate surface area is 120 Å². The summed E-state index contributed by atoms with van der Waals surface area (Å²) < 4.78 is 1.83. The molecule has 0 bridgehead atoms. The lowest BCUT2D eigenvalue weighted by Crippen LogP contribution is -2.33. The lowest BCUT2D eigenvalue weighted by Gasteiger charge is -2.20. The minimum atomic E-state index is 0.232. The zero-order valence-electron chi connectivity index (χ0n) is 12.2. The predicted octanol–water partition coefficient (Wildman–Crippen LogP) is 1.25. The largest absolute Gasteiger partial charge is 0.342 e. The zero-order valence-corrected chi connectivity index (χ0v) is 12.2. The monoisotopic (exact) mass is 276 g/mol. The van der Waals surface area contributed by atoms with Crippen LogP contribution in [0.2, 0.25) is 0 Å². The molecule has 3 atom stereocenters. The fraction of sp³-hybridized carbons (Fsp3) is 0.733. The van der Waals surface area contributed by atoms with Crippen LogP contribution < -0.4 is 5.73 Å². The van der Waals surface area contributed by atoms with Crippen LogP contribution in [0.15, 0.2) is 12.4 Å². The highest BCUT2D eigenvalue weighted by Gasteiger charge is 2.32. The highest BCUT2D eigenvalue weighted by Crippen LogP contribution is 2.30. The van der Waals surface area contributed by atoms with E-state index in [2.05, 4.69) is 11.3 Å². The quantitative estimate of drug-likeness (QED) is 0.903. The number of aromatic nitrogens is 2. The van der Waals surface area contributed by atoms with Crippen molar-refractivity contribution >= 4 is 5.91 Å². The molecular formula is C15H24N4O. The molecule has 1 amide bonds. The molecule has 1 aliphatic heterocycles. The van der Waals surface area contributed by atoms with E-state index in [1.807, 2.05) is 22.8 Å². The molecule has 2 aliphatic rings. The van der Waals surface area contributed by atoms with Crippen molar-refractivity contribution in [3.05, 3.63) is 18.0 Å².